The maximum atomic E-state index is 12.1. The van der Waals surface area contributed by atoms with Crippen LogP contribution in [0.4, 0.5) is 4.79 Å². The third kappa shape index (κ3) is 4.16. The number of ether oxygens (including phenoxy) is 3. The largest absolute Gasteiger partial charge is 0.489 e. The first-order valence-corrected chi connectivity index (χ1v) is 8.47. The van der Waals surface area contributed by atoms with Crippen LogP contribution in [-0.2, 0) is 15.9 Å². The van der Waals surface area contributed by atoms with E-state index in [4.69, 9.17) is 14.2 Å². The molecule has 128 valence electrons. The van der Waals surface area contributed by atoms with Crippen LogP contribution < -0.4 is 4.74 Å². The van der Waals surface area contributed by atoms with Crippen LogP contribution >= 0.6 is 11.3 Å². The normalized spacial score (nSPS) is 17.0. The lowest BCUT2D eigenvalue weighted by atomic mass is 10.0. The van der Waals surface area contributed by atoms with Crippen molar-refractivity contribution >= 4 is 23.4 Å². The van der Waals surface area contributed by atoms with Crippen LogP contribution in [0.25, 0.3) is 0 Å². The van der Waals surface area contributed by atoms with Gasteiger partial charge in [-0.05, 0) is 33.1 Å². The second-order valence-electron chi connectivity index (χ2n) is 6.40. The molecular weight excluding hydrogens is 318 g/mol. The van der Waals surface area contributed by atoms with Crippen molar-refractivity contribution in [3.63, 3.8) is 0 Å². The van der Waals surface area contributed by atoms with Gasteiger partial charge in [-0.15, -0.1) is 11.3 Å². The Labute approximate surface area is 140 Å². The summed E-state index contributed by atoms with van der Waals surface area (Å²) in [4.78, 5) is 26.1. The van der Waals surface area contributed by atoms with Gasteiger partial charge in [0.2, 0.25) is 0 Å². The molecule has 2 rings (SSSR count). The topological polar surface area (TPSA) is 65.1 Å². The smallest absolute Gasteiger partial charge is 0.410 e. The Bertz CT molecular complexity index is 590. The second-order valence-corrected chi connectivity index (χ2v) is 7.28. The van der Waals surface area contributed by atoms with Crippen molar-refractivity contribution in [2.75, 3.05) is 20.3 Å². The summed E-state index contributed by atoms with van der Waals surface area (Å²) in [7, 11) is 1.70. The van der Waals surface area contributed by atoms with Crippen molar-refractivity contribution in [3.05, 3.63) is 15.8 Å². The highest BCUT2D eigenvalue weighted by Crippen LogP contribution is 2.36. The van der Waals surface area contributed by atoms with E-state index in [0.29, 0.717) is 30.3 Å². The van der Waals surface area contributed by atoms with E-state index in [1.807, 2.05) is 26.2 Å². The van der Waals surface area contributed by atoms with E-state index in [9.17, 15) is 9.59 Å². The lowest BCUT2D eigenvalue weighted by Gasteiger charge is -2.33. The summed E-state index contributed by atoms with van der Waals surface area (Å²) in [5.41, 5.74) is 0.385. The standard InChI is InChI=1S/C16H23NO5S/c1-6-20-14(18)13-12-10(9-23-13)7-11(8-21-12)17(5)15(19)22-16(2,3)4/h9,11H,6-8H2,1-5H3. The van der Waals surface area contributed by atoms with Gasteiger partial charge in [-0.3, -0.25) is 0 Å². The van der Waals surface area contributed by atoms with Crippen molar-refractivity contribution in [3.8, 4) is 5.75 Å². The van der Waals surface area contributed by atoms with Crippen molar-refractivity contribution < 1.29 is 23.8 Å². The molecule has 1 aromatic heterocycles. The highest BCUT2D eigenvalue weighted by molar-refractivity contribution is 7.12. The van der Waals surface area contributed by atoms with Crippen LogP contribution in [0.2, 0.25) is 0 Å². The van der Waals surface area contributed by atoms with Gasteiger partial charge in [0.15, 0.2) is 4.88 Å². The minimum Gasteiger partial charge on any atom is -0.489 e. The molecule has 6 nitrogen and oxygen atoms in total. The zero-order chi connectivity index (χ0) is 17.2. The number of carbonyl (C=O) groups is 2. The fourth-order valence-corrected chi connectivity index (χ4v) is 3.16. The van der Waals surface area contributed by atoms with E-state index < -0.39 is 5.60 Å². The second kappa shape index (κ2) is 6.78. The molecule has 23 heavy (non-hydrogen) atoms. The Morgan fingerprint density at radius 3 is 2.74 bits per heavy atom. The van der Waals surface area contributed by atoms with Gasteiger partial charge in [-0.1, -0.05) is 0 Å². The Hall–Kier alpha value is -1.76. The number of amides is 1. The molecule has 0 bridgehead atoms. The fraction of sp³-hybridized carbons (Fsp3) is 0.625. The molecule has 1 aromatic rings. The van der Waals surface area contributed by atoms with E-state index in [2.05, 4.69) is 0 Å². The lowest BCUT2D eigenvalue weighted by molar-refractivity contribution is 0.0157. The van der Waals surface area contributed by atoms with Crippen LogP contribution in [0, 0.1) is 0 Å². The number of hydrogen-bond acceptors (Lipinski definition) is 6. The zero-order valence-electron chi connectivity index (χ0n) is 14.2. The van der Waals surface area contributed by atoms with Gasteiger partial charge in [0.25, 0.3) is 0 Å². The van der Waals surface area contributed by atoms with Gasteiger partial charge in [-0.2, -0.15) is 0 Å². The molecule has 7 heteroatoms. The average molecular weight is 341 g/mol. The molecule has 1 unspecified atom stereocenters. The van der Waals surface area contributed by atoms with Crippen LogP contribution in [0.15, 0.2) is 5.38 Å². The summed E-state index contributed by atoms with van der Waals surface area (Å²) in [6.07, 6.45) is 0.247. The average Bonchev–Trinajstić information content (AvgIpc) is 2.87. The molecular formula is C16H23NO5S. The van der Waals surface area contributed by atoms with Crippen molar-refractivity contribution in [1.29, 1.82) is 0 Å². The third-order valence-electron chi connectivity index (χ3n) is 3.38. The molecule has 0 aromatic carbocycles. The Morgan fingerprint density at radius 2 is 2.13 bits per heavy atom. The van der Waals surface area contributed by atoms with Crippen LogP contribution in [-0.4, -0.2) is 48.9 Å². The predicted molar refractivity (Wildman–Crippen MR) is 87.3 cm³/mol. The van der Waals surface area contributed by atoms with Gasteiger partial charge in [0.1, 0.15) is 18.0 Å². The summed E-state index contributed by atoms with van der Waals surface area (Å²) in [5, 5.41) is 1.89. The number of likely N-dealkylation sites (N-methyl/N-ethyl adjacent to an activating group) is 1. The van der Waals surface area contributed by atoms with Gasteiger partial charge in [-0.25, -0.2) is 9.59 Å². The van der Waals surface area contributed by atoms with Gasteiger partial charge in [0, 0.05) is 19.0 Å². The predicted octanol–water partition coefficient (Wildman–Crippen LogP) is 3.10. The first-order chi connectivity index (χ1) is 10.7. The molecule has 2 heterocycles. The molecule has 1 aliphatic rings. The maximum absolute atomic E-state index is 12.1. The van der Waals surface area contributed by atoms with Crippen molar-refractivity contribution in [2.45, 2.75) is 45.8 Å². The van der Waals surface area contributed by atoms with Gasteiger partial charge < -0.3 is 19.1 Å². The quantitative estimate of drug-likeness (QED) is 0.791. The van der Waals surface area contributed by atoms with Gasteiger partial charge >= 0.3 is 12.1 Å². The number of esters is 1. The number of nitrogens with zero attached hydrogens (tertiary/aromatic N) is 1. The van der Waals surface area contributed by atoms with Gasteiger partial charge in [0.05, 0.1) is 12.6 Å². The molecule has 0 N–H and O–H groups in total. The molecule has 0 saturated heterocycles. The molecule has 0 aliphatic carbocycles. The SMILES string of the molecule is CCOC(=O)c1scc2c1OCC(N(C)C(=O)OC(C)(C)C)C2. The Morgan fingerprint density at radius 1 is 1.43 bits per heavy atom. The number of fused-ring (bicyclic) bond motifs is 1. The van der Waals surface area contributed by atoms with Crippen molar-refractivity contribution in [2.24, 2.45) is 0 Å². The molecule has 1 atom stereocenters. The summed E-state index contributed by atoms with van der Waals surface area (Å²) in [5.74, 6) is 0.222. The molecule has 0 radical (unpaired) electrons. The number of thiophene rings is 1. The lowest BCUT2D eigenvalue weighted by Crippen LogP contribution is -2.46. The summed E-state index contributed by atoms with van der Waals surface area (Å²) < 4.78 is 16.1. The molecule has 1 amide bonds. The number of carbonyl (C=O) groups excluding carboxylic acids is 2. The third-order valence-corrected chi connectivity index (χ3v) is 4.37. The van der Waals surface area contributed by atoms with Crippen LogP contribution in [0.5, 0.6) is 5.75 Å². The van der Waals surface area contributed by atoms with E-state index >= 15 is 0 Å². The highest BCUT2D eigenvalue weighted by atomic mass is 32.1. The molecule has 0 fully saturated rings. The monoisotopic (exact) mass is 341 g/mol. The minimum absolute atomic E-state index is 0.123. The molecule has 1 aliphatic heterocycles. The zero-order valence-corrected chi connectivity index (χ0v) is 15.0. The fourth-order valence-electron chi connectivity index (χ4n) is 2.24. The Balaban J connectivity index is 2.06. The number of rotatable bonds is 3. The Kier molecular flexibility index (Phi) is 5.19. The first-order valence-electron chi connectivity index (χ1n) is 7.59. The molecule has 0 spiro atoms. The maximum Gasteiger partial charge on any atom is 0.410 e. The first kappa shape index (κ1) is 17.6. The highest BCUT2D eigenvalue weighted by Gasteiger charge is 2.32. The van der Waals surface area contributed by atoms with E-state index in [-0.39, 0.29) is 18.1 Å². The van der Waals surface area contributed by atoms with Crippen LogP contribution in [0.3, 0.4) is 0 Å². The minimum atomic E-state index is -0.536. The van der Waals surface area contributed by atoms with E-state index in [1.54, 1.807) is 18.9 Å². The number of hydrogen-bond donors (Lipinski definition) is 0. The van der Waals surface area contributed by atoms with Crippen LogP contribution in [0.1, 0.15) is 42.9 Å². The van der Waals surface area contributed by atoms with E-state index in [0.717, 1.165) is 5.56 Å². The van der Waals surface area contributed by atoms with E-state index in [1.165, 1.54) is 11.3 Å². The summed E-state index contributed by atoms with van der Waals surface area (Å²) in [6.45, 7) is 7.92. The summed E-state index contributed by atoms with van der Waals surface area (Å²) in [6, 6.07) is -0.123. The van der Waals surface area contributed by atoms with Crippen molar-refractivity contribution in [1.82, 2.24) is 4.90 Å². The molecule has 0 saturated carbocycles. The summed E-state index contributed by atoms with van der Waals surface area (Å²) >= 11 is 1.31.